The molecule has 7 nitrogen and oxygen atoms in total. The van der Waals surface area contributed by atoms with E-state index in [1.807, 2.05) is 13.2 Å². The first-order valence-corrected chi connectivity index (χ1v) is 8.27. The summed E-state index contributed by atoms with van der Waals surface area (Å²) < 4.78 is 44.5. The number of aromatic nitrogens is 4. The van der Waals surface area contributed by atoms with Crippen LogP contribution in [0, 0.1) is 0 Å². The van der Waals surface area contributed by atoms with Crippen molar-refractivity contribution < 1.29 is 23.0 Å². The molecule has 10 heteroatoms. The summed E-state index contributed by atoms with van der Waals surface area (Å²) in [6.45, 7) is 0. The summed E-state index contributed by atoms with van der Waals surface area (Å²) in [5.74, 6) is -0.335. The molecular weight excluding hydrogens is 375 g/mol. The van der Waals surface area contributed by atoms with Gasteiger partial charge in [-0.3, -0.25) is 4.68 Å². The molecule has 1 aliphatic rings. The van der Waals surface area contributed by atoms with Crippen LogP contribution in [-0.4, -0.2) is 30.8 Å². The van der Waals surface area contributed by atoms with Crippen molar-refractivity contribution in [3.05, 3.63) is 66.1 Å². The van der Waals surface area contributed by atoms with E-state index in [4.69, 9.17) is 0 Å². The maximum absolute atomic E-state index is 12.4. The minimum absolute atomic E-state index is 0.335. The van der Waals surface area contributed by atoms with Gasteiger partial charge in [-0.15, -0.1) is 13.2 Å². The third-order valence-corrected chi connectivity index (χ3v) is 4.38. The molecule has 0 saturated carbocycles. The lowest BCUT2D eigenvalue weighted by Gasteiger charge is -2.31. The number of nitrogens with zero attached hydrogens (tertiary/aromatic N) is 5. The predicted molar refractivity (Wildman–Crippen MR) is 94.1 cm³/mol. The van der Waals surface area contributed by atoms with Gasteiger partial charge >= 0.3 is 6.36 Å². The van der Waals surface area contributed by atoms with Crippen LogP contribution in [0.15, 0.2) is 49.2 Å². The van der Waals surface area contributed by atoms with Gasteiger partial charge in [0, 0.05) is 43.3 Å². The molecule has 0 spiro atoms. The second-order valence-corrected chi connectivity index (χ2v) is 6.36. The number of imidazole rings is 1. The number of rotatable bonds is 3. The summed E-state index contributed by atoms with van der Waals surface area (Å²) >= 11 is 0. The van der Waals surface area contributed by atoms with E-state index in [1.54, 1.807) is 35.0 Å². The highest BCUT2D eigenvalue weighted by atomic mass is 19.4. The van der Waals surface area contributed by atoms with Crippen LogP contribution in [0.2, 0.25) is 0 Å². The minimum Gasteiger partial charge on any atom is -0.406 e. The minimum atomic E-state index is -4.76. The zero-order valence-corrected chi connectivity index (χ0v) is 14.9. The predicted octanol–water partition coefficient (Wildman–Crippen LogP) is 2.95. The molecular formula is C18H16F3N5O2. The van der Waals surface area contributed by atoms with Crippen LogP contribution >= 0.6 is 0 Å². The molecule has 146 valence electrons. The molecule has 1 N–H and O–H groups in total. The molecule has 28 heavy (non-hydrogen) atoms. The van der Waals surface area contributed by atoms with Gasteiger partial charge in [-0.1, -0.05) is 0 Å². The topological polar surface area (TPSA) is 68.3 Å². The third kappa shape index (κ3) is 3.22. The Balaban J connectivity index is 1.75. The number of ether oxygens (including phenoxy) is 1. The van der Waals surface area contributed by atoms with Crippen molar-refractivity contribution >= 4 is 11.3 Å². The number of halogens is 3. The second kappa shape index (κ2) is 6.41. The number of hydrogen-bond acceptors (Lipinski definition) is 5. The lowest BCUT2D eigenvalue weighted by molar-refractivity contribution is -0.274. The fraction of sp³-hybridized carbons (Fsp3) is 0.222. The summed E-state index contributed by atoms with van der Waals surface area (Å²) in [6.07, 6.45) is 0.999. The lowest BCUT2D eigenvalue weighted by Crippen LogP contribution is -2.28. The van der Waals surface area contributed by atoms with E-state index in [9.17, 15) is 18.3 Å². The first-order chi connectivity index (χ1) is 13.2. The summed E-state index contributed by atoms with van der Waals surface area (Å²) in [6, 6.07) is 5.27. The fourth-order valence-electron chi connectivity index (χ4n) is 3.18. The van der Waals surface area contributed by atoms with Gasteiger partial charge in [-0.25, -0.2) is 4.98 Å². The van der Waals surface area contributed by atoms with Crippen molar-refractivity contribution in [3.63, 3.8) is 0 Å². The van der Waals surface area contributed by atoms with Crippen molar-refractivity contribution in [1.82, 2.24) is 19.3 Å². The molecule has 0 fully saturated rings. The van der Waals surface area contributed by atoms with Crippen LogP contribution in [-0.2, 0) is 14.1 Å². The van der Waals surface area contributed by atoms with Crippen LogP contribution in [0.1, 0.15) is 23.2 Å². The Labute approximate surface area is 157 Å². The molecule has 0 saturated heterocycles. The molecule has 1 aromatic carbocycles. The molecule has 0 aliphatic carbocycles. The Morgan fingerprint density at radius 2 is 1.86 bits per heavy atom. The van der Waals surface area contributed by atoms with Crippen LogP contribution < -0.4 is 9.64 Å². The highest BCUT2D eigenvalue weighted by molar-refractivity contribution is 5.83. The molecule has 3 heterocycles. The van der Waals surface area contributed by atoms with E-state index in [0.717, 1.165) is 16.8 Å². The number of alkyl halides is 3. The normalized spacial score (nSPS) is 16.7. The number of benzene rings is 1. The molecule has 1 aliphatic heterocycles. The molecule has 3 aromatic rings. The monoisotopic (exact) mass is 391 g/mol. The van der Waals surface area contributed by atoms with E-state index in [1.165, 1.54) is 29.2 Å². The Morgan fingerprint density at radius 3 is 2.46 bits per heavy atom. The summed E-state index contributed by atoms with van der Waals surface area (Å²) in [7, 11) is 3.62. The fourth-order valence-corrected chi connectivity index (χ4v) is 3.18. The smallest absolute Gasteiger partial charge is 0.406 e. The number of hydrogen-bond donors (Lipinski definition) is 1. The average molecular weight is 391 g/mol. The highest BCUT2D eigenvalue weighted by Crippen LogP contribution is 2.39. The molecule has 2 aromatic heterocycles. The SMILES string of the molecule is Cn1cc(C2=CN(c3ccc(OC(F)(F)F)cc3)C(O)c3ncn(C)c32)cn1. The van der Waals surface area contributed by atoms with Crippen LogP contribution in [0.4, 0.5) is 18.9 Å². The van der Waals surface area contributed by atoms with Crippen molar-refractivity contribution in [2.45, 2.75) is 12.6 Å². The number of fused-ring (bicyclic) bond motifs is 1. The number of aliphatic hydroxyl groups excluding tert-OH is 1. The van der Waals surface area contributed by atoms with Gasteiger partial charge in [-0.2, -0.15) is 5.10 Å². The van der Waals surface area contributed by atoms with Gasteiger partial charge in [0.05, 0.1) is 18.2 Å². The van der Waals surface area contributed by atoms with Crippen molar-refractivity contribution in [3.8, 4) is 5.75 Å². The number of aliphatic hydroxyl groups is 1. The van der Waals surface area contributed by atoms with Crippen molar-refractivity contribution in [2.75, 3.05) is 4.90 Å². The van der Waals surface area contributed by atoms with Gasteiger partial charge in [0.25, 0.3) is 0 Å². The molecule has 4 rings (SSSR count). The maximum Gasteiger partial charge on any atom is 0.573 e. The van der Waals surface area contributed by atoms with Gasteiger partial charge in [0.15, 0.2) is 6.23 Å². The zero-order valence-electron chi connectivity index (χ0n) is 14.9. The lowest BCUT2D eigenvalue weighted by atomic mass is 10.0. The molecule has 0 radical (unpaired) electrons. The van der Waals surface area contributed by atoms with Crippen LogP contribution in [0.5, 0.6) is 5.75 Å². The molecule has 1 atom stereocenters. The number of anilines is 1. The van der Waals surface area contributed by atoms with E-state index >= 15 is 0 Å². The Kier molecular flexibility index (Phi) is 4.15. The average Bonchev–Trinajstić information content (AvgIpc) is 3.22. The van der Waals surface area contributed by atoms with Gasteiger partial charge in [0.1, 0.15) is 11.4 Å². The molecule has 0 amide bonds. The number of aryl methyl sites for hydroxylation is 2. The quantitative estimate of drug-likeness (QED) is 0.744. The van der Waals surface area contributed by atoms with E-state index in [-0.39, 0.29) is 5.75 Å². The van der Waals surface area contributed by atoms with Gasteiger partial charge < -0.3 is 19.3 Å². The maximum atomic E-state index is 12.4. The largest absolute Gasteiger partial charge is 0.573 e. The summed E-state index contributed by atoms with van der Waals surface area (Å²) in [5, 5.41) is 15.0. The second-order valence-electron chi connectivity index (χ2n) is 6.36. The van der Waals surface area contributed by atoms with E-state index in [0.29, 0.717) is 11.4 Å². The first kappa shape index (κ1) is 18.1. The summed E-state index contributed by atoms with van der Waals surface area (Å²) in [5.41, 5.74) is 3.28. The Hall–Kier alpha value is -3.27. The van der Waals surface area contributed by atoms with Crippen LogP contribution in [0.25, 0.3) is 5.57 Å². The highest BCUT2D eigenvalue weighted by Gasteiger charge is 2.33. The standard InChI is InChI=1S/C18H16F3N5O2/c1-24-10-22-15-16(24)14(11-7-23-25(2)8-11)9-26(17(15)27)12-3-5-13(6-4-12)28-18(19,20)21/h3-10,17,27H,1-2H3. The van der Waals surface area contributed by atoms with Crippen molar-refractivity contribution in [1.29, 1.82) is 0 Å². The first-order valence-electron chi connectivity index (χ1n) is 8.27. The summed E-state index contributed by atoms with van der Waals surface area (Å²) in [4.78, 5) is 5.83. The third-order valence-electron chi connectivity index (χ3n) is 4.38. The van der Waals surface area contributed by atoms with Crippen molar-refractivity contribution in [2.24, 2.45) is 14.1 Å². The molecule has 0 bridgehead atoms. The Bertz CT molecular complexity index is 1040. The van der Waals surface area contributed by atoms with E-state index in [2.05, 4.69) is 14.8 Å². The molecule has 1 unspecified atom stereocenters. The van der Waals surface area contributed by atoms with Gasteiger partial charge in [0.2, 0.25) is 0 Å². The zero-order chi connectivity index (χ0) is 20.1. The van der Waals surface area contributed by atoms with Gasteiger partial charge in [-0.05, 0) is 24.3 Å². The van der Waals surface area contributed by atoms with Crippen LogP contribution in [0.3, 0.4) is 0 Å². The van der Waals surface area contributed by atoms with E-state index < -0.39 is 12.6 Å². The Morgan fingerprint density at radius 1 is 1.14 bits per heavy atom.